The van der Waals surface area contributed by atoms with E-state index in [-0.39, 0.29) is 17.6 Å². The number of aromatic nitrogens is 1. The molecule has 1 aromatic carbocycles. The number of fused-ring (bicyclic) bond motifs is 8. The molecule has 3 N–H and O–H groups in total. The number of nitrogens with one attached hydrogen (secondary N) is 1. The van der Waals surface area contributed by atoms with Gasteiger partial charge in [0.25, 0.3) is 0 Å². The van der Waals surface area contributed by atoms with Crippen molar-refractivity contribution >= 4 is 16.6 Å². The number of rotatable bonds is 1. The van der Waals surface area contributed by atoms with Gasteiger partial charge in [0.1, 0.15) is 23.1 Å². The van der Waals surface area contributed by atoms with Crippen molar-refractivity contribution in [2.24, 2.45) is 16.3 Å². The summed E-state index contributed by atoms with van der Waals surface area (Å²) in [6, 6.07) is 6.09. The van der Waals surface area contributed by atoms with Crippen LogP contribution in [0.2, 0.25) is 0 Å². The van der Waals surface area contributed by atoms with E-state index in [1.165, 1.54) is 31.2 Å². The fraction of sp³-hybridized carbons (Fsp3) is 0.639. The quantitative estimate of drug-likeness (QED) is 0.321. The highest BCUT2D eigenvalue weighted by molar-refractivity contribution is 6.13. The van der Waals surface area contributed by atoms with Crippen LogP contribution in [0.15, 0.2) is 47.5 Å². The Morgan fingerprint density at radius 3 is 2.79 bits per heavy atom. The number of nitrogens with zero attached hydrogens (tertiary/aromatic N) is 3. The van der Waals surface area contributed by atoms with Crippen molar-refractivity contribution in [2.45, 2.75) is 100 Å². The number of benzene rings is 1. The summed E-state index contributed by atoms with van der Waals surface area (Å²) in [5.41, 5.74) is 2.80. The van der Waals surface area contributed by atoms with E-state index < -0.39 is 11.2 Å². The van der Waals surface area contributed by atoms with Crippen LogP contribution in [0.25, 0.3) is 10.9 Å². The van der Waals surface area contributed by atoms with Crippen LogP contribution in [-0.2, 0) is 11.2 Å². The summed E-state index contributed by atoms with van der Waals surface area (Å²) in [5, 5.41) is 24.8. The smallest absolute Gasteiger partial charge is 0.145 e. The van der Waals surface area contributed by atoms with Gasteiger partial charge in [0.2, 0.25) is 0 Å². The van der Waals surface area contributed by atoms with Gasteiger partial charge in [0, 0.05) is 47.4 Å². The van der Waals surface area contributed by atoms with E-state index in [2.05, 4.69) is 39.1 Å². The number of piperidine rings is 1. The molecule has 2 aromatic rings. The summed E-state index contributed by atoms with van der Waals surface area (Å²) >= 11 is 0. The molecule has 6 aliphatic heterocycles. The van der Waals surface area contributed by atoms with Crippen LogP contribution in [0.3, 0.4) is 0 Å². The minimum atomic E-state index is -0.954. The van der Waals surface area contributed by atoms with Crippen molar-refractivity contribution in [3.63, 3.8) is 0 Å². The number of allylic oxidation sites excluding steroid dienone is 3. The number of phenols is 1. The van der Waals surface area contributed by atoms with Gasteiger partial charge < -0.3 is 24.8 Å². The Bertz CT molecular complexity index is 1530. The van der Waals surface area contributed by atoms with Crippen LogP contribution in [0, 0.1) is 11.3 Å². The molecule has 0 radical (unpaired) electrons. The van der Waals surface area contributed by atoms with Crippen molar-refractivity contribution < 1.29 is 14.9 Å². The minimum Gasteiger partial charge on any atom is -0.508 e. The Hall–Kier alpha value is -2.45. The summed E-state index contributed by atoms with van der Waals surface area (Å²) in [5.74, 6) is 0.601. The largest absolute Gasteiger partial charge is 0.508 e. The Morgan fingerprint density at radius 1 is 1.00 bits per heavy atom. The van der Waals surface area contributed by atoms with Gasteiger partial charge >= 0.3 is 0 Å². The summed E-state index contributed by atoms with van der Waals surface area (Å²) in [6.45, 7) is 5.05. The number of H-pyrrole nitrogens is 1. The molecule has 3 saturated heterocycles. The van der Waals surface area contributed by atoms with E-state index in [0.717, 1.165) is 100.0 Å². The molecule has 3 bridgehead atoms. The Balaban J connectivity index is 1.23. The lowest BCUT2D eigenvalue weighted by Crippen LogP contribution is -2.73. The second kappa shape index (κ2) is 9.77. The third-order valence-corrected chi connectivity index (χ3v) is 12.4. The van der Waals surface area contributed by atoms with Crippen LogP contribution in [-0.4, -0.2) is 92.8 Å². The topological polar surface area (TPSA) is 87.6 Å². The van der Waals surface area contributed by atoms with E-state index in [4.69, 9.17) is 9.73 Å². The van der Waals surface area contributed by atoms with Gasteiger partial charge in [0.05, 0.1) is 11.4 Å². The van der Waals surface area contributed by atoms with Crippen molar-refractivity contribution in [3.8, 4) is 5.75 Å². The summed E-state index contributed by atoms with van der Waals surface area (Å²) in [4.78, 5) is 14.5. The molecule has 1 saturated carbocycles. The summed E-state index contributed by atoms with van der Waals surface area (Å²) in [7, 11) is 0. The molecule has 1 aromatic heterocycles. The molecular weight excluding hydrogens is 536 g/mol. The summed E-state index contributed by atoms with van der Waals surface area (Å²) in [6.07, 6.45) is 21.1. The van der Waals surface area contributed by atoms with Gasteiger partial charge in [-0.1, -0.05) is 24.3 Å². The van der Waals surface area contributed by atoms with Gasteiger partial charge in [-0.15, -0.1) is 0 Å². The fourth-order valence-corrected chi connectivity index (χ4v) is 10.9. The maximum atomic E-state index is 13.3. The average Bonchev–Trinajstić information content (AvgIpc) is 3.56. The number of aliphatic imine (C=N–C) groups is 1. The van der Waals surface area contributed by atoms with Gasteiger partial charge in [-0.3, -0.25) is 9.89 Å². The highest BCUT2D eigenvalue weighted by atomic mass is 16.6. The van der Waals surface area contributed by atoms with Crippen molar-refractivity contribution in [1.82, 2.24) is 14.8 Å². The van der Waals surface area contributed by atoms with Crippen LogP contribution in [0.1, 0.15) is 75.5 Å². The first kappa shape index (κ1) is 26.9. The maximum absolute atomic E-state index is 13.3. The maximum Gasteiger partial charge on any atom is 0.145 e. The third kappa shape index (κ3) is 3.77. The highest BCUT2D eigenvalue weighted by Gasteiger charge is 2.84. The molecule has 7 heterocycles. The summed E-state index contributed by atoms with van der Waals surface area (Å²) < 4.78 is 7.14. The molecule has 7 aliphatic rings. The first-order valence-corrected chi connectivity index (χ1v) is 17.1. The Kier molecular flexibility index (Phi) is 6.12. The molecule has 4 fully saturated rings. The lowest BCUT2D eigenvalue weighted by molar-refractivity contribution is -0.142. The van der Waals surface area contributed by atoms with E-state index in [1.54, 1.807) is 6.07 Å². The highest BCUT2D eigenvalue weighted by Crippen LogP contribution is 2.71. The number of ether oxygens (including phenoxy) is 1. The number of hydrogen-bond acceptors (Lipinski definition) is 6. The number of phenolic OH excluding ortho intramolecular Hbond substituents is 1. The Morgan fingerprint density at radius 2 is 1.86 bits per heavy atom. The molecule has 7 nitrogen and oxygen atoms in total. The third-order valence-electron chi connectivity index (χ3n) is 12.4. The van der Waals surface area contributed by atoms with Crippen molar-refractivity contribution in [2.75, 3.05) is 32.7 Å². The van der Waals surface area contributed by atoms with E-state index in [9.17, 15) is 10.2 Å². The Labute approximate surface area is 254 Å². The van der Waals surface area contributed by atoms with E-state index >= 15 is 0 Å². The monoisotopic (exact) mass is 582 g/mol. The molecule has 9 rings (SSSR count). The van der Waals surface area contributed by atoms with Gasteiger partial charge in [-0.2, -0.15) is 0 Å². The van der Waals surface area contributed by atoms with Crippen molar-refractivity contribution in [1.29, 1.82) is 0 Å². The first-order valence-electron chi connectivity index (χ1n) is 17.1. The van der Waals surface area contributed by atoms with Gasteiger partial charge in [-0.25, -0.2) is 0 Å². The molecule has 7 heteroatoms. The molecule has 8 atom stereocenters. The molecule has 1 unspecified atom stereocenters. The van der Waals surface area contributed by atoms with Crippen LogP contribution >= 0.6 is 0 Å². The SMILES string of the molecule is Oc1ccc2[nH]c3c(c2c1)CCN=C3[C@]12O[C@H]1[C@@]1(O)CC/C=C\CCCCN3CC[C@@H]2[C@]2(C[C@@H]4/C=C\CCCCN4[C@@H]12)C3. The number of epoxide rings is 1. The van der Waals surface area contributed by atoms with Crippen LogP contribution in [0.5, 0.6) is 5.75 Å². The second-order valence-corrected chi connectivity index (χ2v) is 14.7. The number of aromatic amines is 1. The van der Waals surface area contributed by atoms with E-state index in [0.29, 0.717) is 17.7 Å². The zero-order valence-electron chi connectivity index (χ0n) is 25.3. The molecule has 0 amide bonds. The predicted molar refractivity (Wildman–Crippen MR) is 169 cm³/mol. The molecule has 1 spiro atoms. The fourth-order valence-electron chi connectivity index (χ4n) is 10.9. The second-order valence-electron chi connectivity index (χ2n) is 14.7. The molecule has 1 aliphatic carbocycles. The lowest BCUT2D eigenvalue weighted by atomic mass is 9.50. The zero-order chi connectivity index (χ0) is 28.8. The zero-order valence-corrected chi connectivity index (χ0v) is 25.3. The van der Waals surface area contributed by atoms with Crippen molar-refractivity contribution in [3.05, 3.63) is 53.8 Å². The first-order chi connectivity index (χ1) is 21.0. The standard InChI is InChI=1S/C36H46N4O3/c41-25-12-13-28-27(21-25)26-14-17-37-31(30(26)38-28)36-29-15-20-39-18-9-5-2-1-4-8-16-35(42,33(36)43-36)32-34(29,23-39)22-24-11-7-3-6-10-19-40(24)32/h1,4,7,11-13,21,24,29,32-33,38,41-42H,2-3,5-6,8-10,14-20,22-23H2/b4-1-,11-7-/t24-,29+,32+,33-,34-,35+,36-/m0/s1. The molecule has 43 heavy (non-hydrogen) atoms. The number of hydrogen-bond donors (Lipinski definition) is 3. The van der Waals surface area contributed by atoms with Crippen LogP contribution in [0.4, 0.5) is 0 Å². The van der Waals surface area contributed by atoms with Crippen LogP contribution < -0.4 is 0 Å². The van der Waals surface area contributed by atoms with E-state index in [1.807, 2.05) is 12.1 Å². The predicted octanol–water partition coefficient (Wildman–Crippen LogP) is 5.11. The molecule has 228 valence electrons. The molecular formula is C36H46N4O3. The number of aromatic hydroxyl groups is 1. The van der Waals surface area contributed by atoms with Gasteiger partial charge in [0.15, 0.2) is 0 Å². The van der Waals surface area contributed by atoms with Gasteiger partial charge in [-0.05, 0) is 114 Å². The lowest BCUT2D eigenvalue weighted by Gasteiger charge is -2.59. The minimum absolute atomic E-state index is 0.0679. The average molecular weight is 583 g/mol. The normalized spacial score (nSPS) is 43.8. The number of aliphatic hydroxyl groups is 1.